The van der Waals surface area contributed by atoms with Crippen LogP contribution in [0.1, 0.15) is 25.8 Å². The molecule has 5 rings (SSSR count). The second kappa shape index (κ2) is 5.27. The molecule has 0 aliphatic heterocycles. The van der Waals surface area contributed by atoms with Crippen molar-refractivity contribution in [2.45, 2.75) is 25.8 Å². The van der Waals surface area contributed by atoms with Crippen LogP contribution in [0.4, 0.5) is 0 Å². The van der Waals surface area contributed by atoms with E-state index < -0.39 is 0 Å². The van der Waals surface area contributed by atoms with Crippen LogP contribution in [-0.2, 0) is 7.05 Å². The summed E-state index contributed by atoms with van der Waals surface area (Å²) in [6, 6.07) is 2.42. The largest absolute Gasteiger partial charge is 0.284 e. The molecule has 0 bridgehead atoms. The molecule has 0 aromatic carbocycles. The van der Waals surface area contributed by atoms with Crippen molar-refractivity contribution in [3.05, 3.63) is 43.2 Å². The number of fused-ring (bicyclic) bond motifs is 1. The first-order valence-electron chi connectivity index (χ1n) is 8.57. The van der Waals surface area contributed by atoms with Gasteiger partial charge in [-0.05, 0) is 25.7 Å². The van der Waals surface area contributed by atoms with Crippen LogP contribution in [-0.4, -0.2) is 33.9 Å². The Labute approximate surface area is 145 Å². The number of hydrogen-bond acceptors (Lipinski definition) is 4. The fourth-order valence-corrected chi connectivity index (χ4v) is 3.30. The first kappa shape index (κ1) is 14.4. The average Bonchev–Trinajstić information content (AvgIpc) is 3.02. The maximum absolute atomic E-state index is 4.88. The Hall–Kier alpha value is -2.96. The van der Waals surface area contributed by atoms with Crippen LogP contribution in [0, 0.1) is 5.92 Å². The molecule has 25 heavy (non-hydrogen) atoms. The molecule has 7 nitrogen and oxygen atoms in total. The molecule has 1 atom stereocenters. The number of aryl methyl sites for hydroxylation is 1. The van der Waals surface area contributed by atoms with Crippen molar-refractivity contribution in [2.24, 2.45) is 13.0 Å². The summed E-state index contributed by atoms with van der Waals surface area (Å²) >= 11 is 0. The second-order valence-corrected chi connectivity index (χ2v) is 6.81. The molecule has 0 N–H and O–H groups in total. The monoisotopic (exact) mass is 333 g/mol. The van der Waals surface area contributed by atoms with Crippen LogP contribution >= 0.6 is 0 Å². The van der Waals surface area contributed by atoms with Crippen molar-refractivity contribution in [1.82, 2.24) is 33.9 Å². The minimum atomic E-state index is 0.438. The minimum Gasteiger partial charge on any atom is -0.284 e. The lowest BCUT2D eigenvalue weighted by molar-refractivity contribution is 0.440. The van der Waals surface area contributed by atoms with Crippen molar-refractivity contribution in [2.75, 3.05) is 0 Å². The third kappa shape index (κ3) is 2.43. The van der Waals surface area contributed by atoms with E-state index in [4.69, 9.17) is 4.98 Å². The van der Waals surface area contributed by atoms with Crippen LogP contribution in [0.25, 0.3) is 28.3 Å². The number of hydrogen-bond donors (Lipinski definition) is 0. The molecule has 1 unspecified atom stereocenters. The van der Waals surface area contributed by atoms with Crippen molar-refractivity contribution in [3.63, 3.8) is 0 Å². The van der Waals surface area contributed by atoms with E-state index in [0.29, 0.717) is 6.04 Å². The summed E-state index contributed by atoms with van der Waals surface area (Å²) in [4.78, 5) is 9.32. The fraction of sp³-hybridized carbons (Fsp3) is 0.333. The van der Waals surface area contributed by atoms with Crippen LogP contribution < -0.4 is 0 Å². The molecule has 4 aromatic heterocycles. The number of rotatable bonds is 4. The van der Waals surface area contributed by atoms with Gasteiger partial charge in [0, 0.05) is 43.5 Å². The quantitative estimate of drug-likeness (QED) is 0.576. The topological polar surface area (TPSA) is 65.8 Å². The summed E-state index contributed by atoms with van der Waals surface area (Å²) in [5.41, 5.74) is 3.71. The number of aromatic nitrogens is 7. The normalized spacial score (nSPS) is 15.8. The van der Waals surface area contributed by atoms with Gasteiger partial charge in [0.2, 0.25) is 0 Å². The minimum absolute atomic E-state index is 0.438. The molecule has 1 aliphatic carbocycles. The Morgan fingerprint density at radius 3 is 2.72 bits per heavy atom. The molecule has 1 fully saturated rings. The summed E-state index contributed by atoms with van der Waals surface area (Å²) in [6.45, 7) is 2.24. The maximum atomic E-state index is 4.88. The Kier molecular flexibility index (Phi) is 3.03. The predicted octanol–water partition coefficient (Wildman–Crippen LogP) is 2.96. The smallest absolute Gasteiger partial charge is 0.149 e. The summed E-state index contributed by atoms with van der Waals surface area (Å²) in [7, 11) is 1.90. The lowest BCUT2D eigenvalue weighted by atomic mass is 10.2. The van der Waals surface area contributed by atoms with Gasteiger partial charge in [-0.2, -0.15) is 10.2 Å². The van der Waals surface area contributed by atoms with Gasteiger partial charge >= 0.3 is 0 Å². The maximum Gasteiger partial charge on any atom is 0.149 e. The molecule has 0 spiro atoms. The first-order valence-corrected chi connectivity index (χ1v) is 8.57. The summed E-state index contributed by atoms with van der Waals surface area (Å²) < 4.78 is 5.85. The van der Waals surface area contributed by atoms with E-state index in [0.717, 1.165) is 34.2 Å². The van der Waals surface area contributed by atoms with E-state index in [2.05, 4.69) is 33.0 Å². The highest BCUT2D eigenvalue weighted by molar-refractivity contribution is 5.68. The van der Waals surface area contributed by atoms with E-state index in [1.807, 2.05) is 42.3 Å². The van der Waals surface area contributed by atoms with Gasteiger partial charge in [-0.25, -0.2) is 9.97 Å². The van der Waals surface area contributed by atoms with Gasteiger partial charge in [-0.3, -0.25) is 13.8 Å². The molecule has 1 saturated carbocycles. The van der Waals surface area contributed by atoms with Gasteiger partial charge < -0.3 is 0 Å². The highest BCUT2D eigenvalue weighted by Crippen LogP contribution is 2.39. The fourth-order valence-electron chi connectivity index (χ4n) is 3.30. The molecule has 0 radical (unpaired) electrons. The predicted molar refractivity (Wildman–Crippen MR) is 93.8 cm³/mol. The zero-order chi connectivity index (χ0) is 17.0. The summed E-state index contributed by atoms with van der Waals surface area (Å²) in [5.74, 6) is 1.61. The second-order valence-electron chi connectivity index (χ2n) is 6.81. The van der Waals surface area contributed by atoms with E-state index in [-0.39, 0.29) is 0 Å². The Balaban J connectivity index is 1.63. The highest BCUT2D eigenvalue weighted by atomic mass is 15.3. The Morgan fingerprint density at radius 2 is 1.96 bits per heavy atom. The van der Waals surface area contributed by atoms with Gasteiger partial charge in [0.05, 0.1) is 29.7 Å². The third-order valence-electron chi connectivity index (χ3n) is 4.97. The van der Waals surface area contributed by atoms with Crippen molar-refractivity contribution in [1.29, 1.82) is 0 Å². The molecule has 0 amide bonds. The SMILES string of the molecule is CC(C1CC1)n1cc(-c2nc(-c3cnn(C)c3)cc3nccn23)cn1. The highest BCUT2D eigenvalue weighted by Gasteiger charge is 2.29. The number of nitrogens with zero attached hydrogens (tertiary/aromatic N) is 7. The molecule has 7 heteroatoms. The van der Waals surface area contributed by atoms with Crippen molar-refractivity contribution in [3.8, 4) is 22.6 Å². The zero-order valence-electron chi connectivity index (χ0n) is 14.2. The summed E-state index contributed by atoms with van der Waals surface area (Å²) in [6.07, 6.45) is 14.1. The lowest BCUT2D eigenvalue weighted by Gasteiger charge is -2.10. The van der Waals surface area contributed by atoms with Gasteiger partial charge in [0.25, 0.3) is 0 Å². The van der Waals surface area contributed by atoms with E-state index in [1.54, 1.807) is 10.9 Å². The van der Waals surface area contributed by atoms with Gasteiger partial charge in [0.1, 0.15) is 11.5 Å². The van der Waals surface area contributed by atoms with E-state index >= 15 is 0 Å². The molecule has 0 saturated heterocycles. The van der Waals surface area contributed by atoms with Crippen LogP contribution in [0.2, 0.25) is 0 Å². The van der Waals surface area contributed by atoms with Crippen LogP contribution in [0.15, 0.2) is 43.2 Å². The van der Waals surface area contributed by atoms with Gasteiger partial charge in [-0.1, -0.05) is 0 Å². The molecule has 4 heterocycles. The average molecular weight is 333 g/mol. The number of imidazole rings is 1. The lowest BCUT2D eigenvalue weighted by Crippen LogP contribution is -2.07. The van der Waals surface area contributed by atoms with Gasteiger partial charge in [0.15, 0.2) is 0 Å². The van der Waals surface area contributed by atoms with Crippen LogP contribution in [0.3, 0.4) is 0 Å². The van der Waals surface area contributed by atoms with Crippen molar-refractivity contribution >= 4 is 5.65 Å². The van der Waals surface area contributed by atoms with E-state index in [9.17, 15) is 0 Å². The van der Waals surface area contributed by atoms with Gasteiger partial charge in [-0.15, -0.1) is 0 Å². The molecule has 1 aliphatic rings. The van der Waals surface area contributed by atoms with E-state index in [1.165, 1.54) is 12.8 Å². The summed E-state index contributed by atoms with van der Waals surface area (Å²) in [5, 5.41) is 8.83. The molecule has 4 aromatic rings. The third-order valence-corrected chi connectivity index (χ3v) is 4.97. The molecular formula is C18H19N7. The first-order chi connectivity index (χ1) is 12.2. The standard InChI is InChI=1S/C18H19N7/c1-12(13-3-4-13)25-11-15(9-21-25)18-22-16(14-8-20-23(2)10-14)7-17-19-5-6-24(17)18/h5-13H,3-4H2,1-2H3. The zero-order valence-corrected chi connectivity index (χ0v) is 14.2. The van der Waals surface area contributed by atoms with Crippen molar-refractivity contribution < 1.29 is 0 Å². The molecular weight excluding hydrogens is 314 g/mol. The Bertz CT molecular complexity index is 1050. The van der Waals surface area contributed by atoms with Crippen LogP contribution in [0.5, 0.6) is 0 Å². The molecule has 126 valence electrons. The Morgan fingerprint density at radius 1 is 1.12 bits per heavy atom.